The summed E-state index contributed by atoms with van der Waals surface area (Å²) >= 11 is 0. The van der Waals surface area contributed by atoms with Crippen LogP contribution in [0.15, 0.2) is 18.2 Å². The Labute approximate surface area is 122 Å². The van der Waals surface area contributed by atoms with E-state index in [0.717, 1.165) is 30.6 Å². The van der Waals surface area contributed by atoms with Gasteiger partial charge in [0.1, 0.15) is 0 Å². The van der Waals surface area contributed by atoms with Crippen LogP contribution in [0.1, 0.15) is 48.8 Å². The summed E-state index contributed by atoms with van der Waals surface area (Å²) in [5, 5.41) is 11.3. The Bertz CT molecular complexity index is 514. The van der Waals surface area contributed by atoms with Crippen LogP contribution >= 0.6 is 0 Å². The molecular formula is C19H26O. The first-order valence-electron chi connectivity index (χ1n) is 8.35. The van der Waals surface area contributed by atoms with Crippen molar-refractivity contribution in [3.8, 4) is 0 Å². The summed E-state index contributed by atoms with van der Waals surface area (Å²) in [7, 11) is 0. The molecule has 1 aromatic rings. The van der Waals surface area contributed by atoms with E-state index in [4.69, 9.17) is 0 Å². The van der Waals surface area contributed by atoms with E-state index in [-0.39, 0.29) is 0 Å². The molecule has 3 aliphatic rings. The molecule has 3 aliphatic carbocycles. The van der Waals surface area contributed by atoms with Gasteiger partial charge in [0.05, 0.1) is 5.60 Å². The number of benzene rings is 1. The number of fused-ring (bicyclic) bond motifs is 5. The first kappa shape index (κ1) is 12.9. The average molecular weight is 270 g/mol. The van der Waals surface area contributed by atoms with Gasteiger partial charge in [-0.1, -0.05) is 35.7 Å². The number of aryl methyl sites for hydroxylation is 2. The lowest BCUT2D eigenvalue weighted by Crippen LogP contribution is -2.43. The van der Waals surface area contributed by atoms with E-state index in [0.29, 0.717) is 5.92 Å². The lowest BCUT2D eigenvalue weighted by Gasteiger charge is -2.39. The van der Waals surface area contributed by atoms with Crippen LogP contribution in [0.25, 0.3) is 0 Å². The monoisotopic (exact) mass is 270 g/mol. The maximum absolute atomic E-state index is 11.3. The van der Waals surface area contributed by atoms with E-state index in [9.17, 15) is 5.11 Å². The van der Waals surface area contributed by atoms with Crippen LogP contribution in [0.3, 0.4) is 0 Å². The Kier molecular flexibility index (Phi) is 2.79. The molecule has 1 aromatic carbocycles. The second-order valence-corrected chi connectivity index (χ2v) is 7.84. The van der Waals surface area contributed by atoms with Gasteiger partial charge in [-0.25, -0.2) is 0 Å². The number of hydrogen-bond donors (Lipinski definition) is 1. The molecule has 1 N–H and O–H groups in total. The Balaban J connectivity index is 1.59. The topological polar surface area (TPSA) is 20.2 Å². The molecule has 0 amide bonds. The molecule has 0 heterocycles. The maximum Gasteiger partial charge on any atom is 0.0721 e. The van der Waals surface area contributed by atoms with E-state index < -0.39 is 5.60 Å². The fourth-order valence-electron chi connectivity index (χ4n) is 5.96. The van der Waals surface area contributed by atoms with Crippen LogP contribution < -0.4 is 0 Å². The van der Waals surface area contributed by atoms with E-state index in [1.807, 2.05) is 0 Å². The number of rotatable bonds is 2. The lowest BCUT2D eigenvalue weighted by atomic mass is 9.70. The summed E-state index contributed by atoms with van der Waals surface area (Å²) in [6.07, 6.45) is 7.46. The second-order valence-electron chi connectivity index (χ2n) is 7.84. The van der Waals surface area contributed by atoms with Crippen LogP contribution in [0.2, 0.25) is 0 Å². The average Bonchev–Trinajstić information content (AvgIpc) is 2.97. The highest BCUT2D eigenvalue weighted by Gasteiger charge is 2.59. The van der Waals surface area contributed by atoms with Gasteiger partial charge in [-0.15, -0.1) is 0 Å². The Hall–Kier alpha value is -0.820. The van der Waals surface area contributed by atoms with Gasteiger partial charge in [-0.2, -0.15) is 0 Å². The third-order valence-electron chi connectivity index (χ3n) is 6.40. The van der Waals surface area contributed by atoms with Crippen molar-refractivity contribution >= 4 is 0 Å². The second kappa shape index (κ2) is 4.34. The third-order valence-corrected chi connectivity index (χ3v) is 6.40. The minimum atomic E-state index is -0.406. The minimum absolute atomic E-state index is 0.406. The Morgan fingerprint density at radius 1 is 1.10 bits per heavy atom. The normalized spacial score (nSPS) is 42.1. The van der Waals surface area contributed by atoms with Crippen LogP contribution in [-0.4, -0.2) is 10.7 Å². The molecule has 1 heteroatoms. The summed E-state index contributed by atoms with van der Waals surface area (Å²) < 4.78 is 0. The Morgan fingerprint density at radius 2 is 1.80 bits per heavy atom. The third kappa shape index (κ3) is 1.86. The van der Waals surface area contributed by atoms with Gasteiger partial charge in [0.2, 0.25) is 0 Å². The molecule has 0 radical (unpaired) electrons. The van der Waals surface area contributed by atoms with Gasteiger partial charge in [0, 0.05) is 6.42 Å². The van der Waals surface area contributed by atoms with E-state index in [1.54, 1.807) is 0 Å². The zero-order chi connectivity index (χ0) is 13.9. The fraction of sp³-hybridized carbons (Fsp3) is 0.684. The first-order chi connectivity index (χ1) is 9.55. The highest BCUT2D eigenvalue weighted by molar-refractivity contribution is 5.30. The molecule has 4 rings (SSSR count). The van der Waals surface area contributed by atoms with Crippen molar-refractivity contribution in [2.75, 3.05) is 0 Å². The van der Waals surface area contributed by atoms with Crippen LogP contribution in [0.4, 0.5) is 0 Å². The van der Waals surface area contributed by atoms with Gasteiger partial charge >= 0.3 is 0 Å². The van der Waals surface area contributed by atoms with Crippen molar-refractivity contribution in [1.29, 1.82) is 0 Å². The molecular weight excluding hydrogens is 244 g/mol. The van der Waals surface area contributed by atoms with Gasteiger partial charge in [0.25, 0.3) is 0 Å². The predicted octanol–water partition coefficient (Wildman–Crippen LogP) is 4.03. The molecule has 108 valence electrons. The standard InChI is InChI=1S/C19H26O/c1-12-6-13(2)8-14(7-12)10-19(20)11-15-9-18(19)17-5-3-4-16(15)17/h6-8,15-18,20H,3-5,9-11H2,1-2H3. The molecule has 5 unspecified atom stereocenters. The minimum Gasteiger partial charge on any atom is -0.389 e. The zero-order valence-electron chi connectivity index (χ0n) is 12.7. The van der Waals surface area contributed by atoms with Crippen molar-refractivity contribution < 1.29 is 5.11 Å². The zero-order valence-corrected chi connectivity index (χ0v) is 12.7. The molecule has 3 fully saturated rings. The van der Waals surface area contributed by atoms with Crippen LogP contribution in [-0.2, 0) is 6.42 Å². The van der Waals surface area contributed by atoms with E-state index >= 15 is 0 Å². The van der Waals surface area contributed by atoms with Crippen molar-refractivity contribution in [3.05, 3.63) is 34.9 Å². The van der Waals surface area contributed by atoms with Crippen LogP contribution in [0.5, 0.6) is 0 Å². The quantitative estimate of drug-likeness (QED) is 0.860. The molecule has 3 saturated carbocycles. The molecule has 0 aromatic heterocycles. The first-order valence-corrected chi connectivity index (χ1v) is 8.35. The summed E-state index contributed by atoms with van der Waals surface area (Å²) in [5.41, 5.74) is 3.58. The SMILES string of the molecule is Cc1cc(C)cc(CC2(O)CC3CC2C2CCCC32)c1. The lowest BCUT2D eigenvalue weighted by molar-refractivity contribution is -0.0450. The molecule has 0 aliphatic heterocycles. The van der Waals surface area contributed by atoms with Gasteiger partial charge < -0.3 is 5.11 Å². The Morgan fingerprint density at radius 3 is 2.55 bits per heavy atom. The molecule has 5 atom stereocenters. The van der Waals surface area contributed by atoms with Gasteiger partial charge in [0.15, 0.2) is 0 Å². The molecule has 0 spiro atoms. The van der Waals surface area contributed by atoms with Gasteiger partial charge in [-0.05, 0) is 68.8 Å². The fourth-order valence-corrected chi connectivity index (χ4v) is 5.96. The smallest absolute Gasteiger partial charge is 0.0721 e. The molecule has 1 nitrogen and oxygen atoms in total. The largest absolute Gasteiger partial charge is 0.389 e. The summed E-state index contributed by atoms with van der Waals surface area (Å²) in [6, 6.07) is 6.76. The van der Waals surface area contributed by atoms with Gasteiger partial charge in [-0.3, -0.25) is 0 Å². The van der Waals surface area contributed by atoms with Crippen LogP contribution in [0, 0.1) is 37.5 Å². The summed E-state index contributed by atoms with van der Waals surface area (Å²) in [4.78, 5) is 0. The number of hydrogen-bond acceptors (Lipinski definition) is 1. The van der Waals surface area contributed by atoms with Crippen molar-refractivity contribution in [2.45, 2.75) is 58.0 Å². The number of aliphatic hydroxyl groups is 1. The maximum atomic E-state index is 11.3. The highest BCUT2D eigenvalue weighted by Crippen LogP contribution is 2.62. The molecule has 2 bridgehead atoms. The molecule has 20 heavy (non-hydrogen) atoms. The molecule has 0 saturated heterocycles. The van der Waals surface area contributed by atoms with Crippen molar-refractivity contribution in [2.24, 2.45) is 23.7 Å². The summed E-state index contributed by atoms with van der Waals surface area (Å²) in [6.45, 7) is 4.32. The summed E-state index contributed by atoms with van der Waals surface area (Å²) in [5.74, 6) is 3.20. The van der Waals surface area contributed by atoms with E-state index in [2.05, 4.69) is 32.0 Å². The highest BCUT2D eigenvalue weighted by atomic mass is 16.3. The predicted molar refractivity (Wildman–Crippen MR) is 81.6 cm³/mol. The van der Waals surface area contributed by atoms with Crippen molar-refractivity contribution in [1.82, 2.24) is 0 Å². The van der Waals surface area contributed by atoms with E-state index in [1.165, 1.54) is 42.4 Å². The van der Waals surface area contributed by atoms with Crippen molar-refractivity contribution in [3.63, 3.8) is 0 Å².